The second-order valence-corrected chi connectivity index (χ2v) is 5.05. The molecule has 0 aliphatic heterocycles. The zero-order valence-corrected chi connectivity index (χ0v) is 8.17. The van der Waals surface area contributed by atoms with Gasteiger partial charge in [-0.2, -0.15) is 8.42 Å². The fourth-order valence-electron chi connectivity index (χ4n) is 0.324. The van der Waals surface area contributed by atoms with Crippen LogP contribution in [-0.4, -0.2) is 28.3 Å². The van der Waals surface area contributed by atoms with Gasteiger partial charge in [0, 0.05) is 13.8 Å². The minimum absolute atomic E-state index is 0.797. The summed E-state index contributed by atoms with van der Waals surface area (Å²) < 4.78 is 29.0. The molecule has 0 radical (unpaired) electrons. The third kappa shape index (κ3) is 4.74. The lowest BCUT2D eigenvalue weighted by atomic mass is 10.9. The summed E-state index contributed by atoms with van der Waals surface area (Å²) in [7, 11) is -5.52. The Labute approximate surface area is 71.0 Å². The van der Waals surface area contributed by atoms with Crippen LogP contribution in [0.3, 0.4) is 0 Å². The maximum absolute atomic E-state index is 10.3. The highest BCUT2D eigenvalue weighted by Gasteiger charge is 2.15. The highest BCUT2D eigenvalue weighted by Crippen LogP contribution is 1.83. The molecule has 0 aromatic carbocycles. The summed E-state index contributed by atoms with van der Waals surface area (Å²) in [5, 5.41) is 0. The number of carbonyl (C=O) groups excluding carboxylic acids is 2. The number of hydrogen-bond acceptors (Lipinski definition) is 6. The number of rotatable bonds is 2. The van der Waals surface area contributed by atoms with Gasteiger partial charge >= 0.3 is 7.99 Å². The van der Waals surface area contributed by atoms with Gasteiger partial charge in [-0.05, 0) is 0 Å². The van der Waals surface area contributed by atoms with Crippen LogP contribution >= 0.6 is 0 Å². The second-order valence-electron chi connectivity index (χ2n) is 1.67. The van der Waals surface area contributed by atoms with E-state index in [1.54, 1.807) is 0 Å². The zero-order valence-electron chi connectivity index (χ0n) is 6.36. The van der Waals surface area contributed by atoms with Crippen molar-refractivity contribution in [2.24, 2.45) is 0 Å². The molecule has 8 heteroatoms. The summed E-state index contributed by atoms with van der Waals surface area (Å²) in [4.78, 5) is 20.6. The summed E-state index contributed by atoms with van der Waals surface area (Å²) in [6, 6.07) is 0. The number of carbonyl (C=O) groups is 2. The van der Waals surface area contributed by atoms with E-state index in [1.807, 2.05) is 0 Å². The van der Waals surface area contributed by atoms with Crippen LogP contribution < -0.4 is 0 Å². The molecule has 0 heterocycles. The van der Waals surface area contributed by atoms with Crippen molar-refractivity contribution in [3.63, 3.8) is 0 Å². The molecule has 6 nitrogen and oxygen atoms in total. The van der Waals surface area contributed by atoms with Gasteiger partial charge in [-0.15, -0.1) is 0 Å². The monoisotopic (exact) mass is 210 g/mol. The van der Waals surface area contributed by atoms with Gasteiger partial charge < -0.3 is 8.85 Å². The normalized spacial score (nSPS) is 8.50. The summed E-state index contributed by atoms with van der Waals surface area (Å²) in [5.74, 6) is -1.59. The molecular formula is C4H6O6SSi. The van der Waals surface area contributed by atoms with Crippen molar-refractivity contribution in [3.8, 4) is 0 Å². The summed E-state index contributed by atoms with van der Waals surface area (Å²) in [6.07, 6.45) is 0. The van der Waals surface area contributed by atoms with Crippen LogP contribution in [-0.2, 0) is 28.1 Å². The van der Waals surface area contributed by atoms with Crippen LogP contribution in [0.25, 0.3) is 0 Å². The fourth-order valence-corrected chi connectivity index (χ4v) is 2.08. The van der Waals surface area contributed by atoms with Gasteiger partial charge in [0.25, 0.3) is 21.6 Å². The van der Waals surface area contributed by atoms with Crippen molar-refractivity contribution in [2.45, 2.75) is 13.8 Å². The van der Waals surface area contributed by atoms with E-state index >= 15 is 0 Å². The van der Waals surface area contributed by atoms with Gasteiger partial charge in [0.05, 0.1) is 0 Å². The highest BCUT2D eigenvalue weighted by molar-refractivity contribution is 7.80. The molecule has 0 rings (SSSR count). The van der Waals surface area contributed by atoms with Crippen molar-refractivity contribution >= 4 is 29.6 Å². The first kappa shape index (κ1) is 11.0. The van der Waals surface area contributed by atoms with E-state index in [0.29, 0.717) is 0 Å². The largest absolute Gasteiger partial charge is 0.645 e. The van der Waals surface area contributed by atoms with Crippen LogP contribution in [0, 0.1) is 0 Å². The smallest absolute Gasteiger partial charge is 0.448 e. The molecule has 0 N–H and O–H groups in total. The van der Waals surface area contributed by atoms with Crippen LogP contribution in [0.5, 0.6) is 0 Å². The van der Waals surface area contributed by atoms with Crippen molar-refractivity contribution in [1.29, 1.82) is 0 Å². The SMILES string of the molecule is CC(=O)O[Si](OC(C)=O)=S(=O)=O. The maximum atomic E-state index is 10.3. The van der Waals surface area contributed by atoms with E-state index in [0.717, 1.165) is 13.8 Å². The molecule has 0 fully saturated rings. The Kier molecular flexibility index (Phi) is 4.37. The molecule has 0 saturated heterocycles. The third-order valence-electron chi connectivity index (χ3n) is 0.590. The molecule has 0 saturated carbocycles. The van der Waals surface area contributed by atoms with Crippen molar-refractivity contribution in [1.82, 2.24) is 0 Å². The Balaban J connectivity index is 4.61. The molecule has 12 heavy (non-hydrogen) atoms. The summed E-state index contributed by atoms with van der Waals surface area (Å²) >= 11 is 0. The molecule has 0 amide bonds. The molecule has 68 valence electrons. The fraction of sp³-hybridized carbons (Fsp3) is 0.500. The lowest BCUT2D eigenvalue weighted by Crippen LogP contribution is -2.19. The van der Waals surface area contributed by atoms with E-state index in [9.17, 15) is 18.0 Å². The molecule has 0 aliphatic carbocycles. The predicted octanol–water partition coefficient (Wildman–Crippen LogP) is -1.02. The first-order valence-corrected chi connectivity index (χ1v) is 5.88. The van der Waals surface area contributed by atoms with E-state index in [-0.39, 0.29) is 0 Å². The Hall–Kier alpha value is -1.02. The molecule has 0 aromatic heterocycles. The molecule has 0 aromatic rings. The summed E-state index contributed by atoms with van der Waals surface area (Å²) in [6.45, 7) is 2.06. The van der Waals surface area contributed by atoms with Crippen LogP contribution in [0.1, 0.15) is 13.8 Å². The molecule has 0 atom stereocenters. The van der Waals surface area contributed by atoms with E-state index < -0.39 is 29.6 Å². The summed E-state index contributed by atoms with van der Waals surface area (Å²) in [5.41, 5.74) is 0. The van der Waals surface area contributed by atoms with E-state index in [4.69, 9.17) is 0 Å². The molecule has 0 spiro atoms. The first-order chi connectivity index (χ1) is 5.43. The predicted molar refractivity (Wildman–Crippen MR) is 38.2 cm³/mol. The highest BCUT2D eigenvalue weighted by atomic mass is 32.3. The van der Waals surface area contributed by atoms with Crippen LogP contribution in [0.2, 0.25) is 0 Å². The molecule has 0 bridgehead atoms. The standard InChI is InChI=1S/C4H6O6SSi/c1-3(5)9-12(11(7)8)10-4(2)6/h1-2H3. The Morgan fingerprint density at radius 1 is 1.08 bits per heavy atom. The molecular weight excluding hydrogens is 204 g/mol. The minimum Gasteiger partial charge on any atom is -0.448 e. The van der Waals surface area contributed by atoms with Crippen molar-refractivity contribution in [3.05, 3.63) is 0 Å². The molecule has 0 unspecified atom stereocenters. The third-order valence-corrected chi connectivity index (χ3v) is 3.09. The van der Waals surface area contributed by atoms with Gasteiger partial charge in [-0.1, -0.05) is 0 Å². The van der Waals surface area contributed by atoms with Crippen LogP contribution in [0.4, 0.5) is 0 Å². The van der Waals surface area contributed by atoms with Gasteiger partial charge in [0.1, 0.15) is 0 Å². The lowest BCUT2D eigenvalue weighted by Gasteiger charge is -1.98. The first-order valence-electron chi connectivity index (χ1n) is 2.76. The van der Waals surface area contributed by atoms with Gasteiger partial charge in [0.15, 0.2) is 0 Å². The average molecular weight is 210 g/mol. The molecule has 0 aliphatic rings. The van der Waals surface area contributed by atoms with Crippen LogP contribution in [0.15, 0.2) is 0 Å². The quantitative estimate of drug-likeness (QED) is 0.542. The van der Waals surface area contributed by atoms with E-state index in [2.05, 4.69) is 8.85 Å². The lowest BCUT2D eigenvalue weighted by molar-refractivity contribution is -0.136. The second kappa shape index (κ2) is 4.77. The number of hydrogen-bond donors (Lipinski definition) is 0. The van der Waals surface area contributed by atoms with E-state index in [1.165, 1.54) is 0 Å². The van der Waals surface area contributed by atoms with Gasteiger partial charge in [-0.3, -0.25) is 9.59 Å². The van der Waals surface area contributed by atoms with Gasteiger partial charge in [-0.25, -0.2) is 0 Å². The maximum Gasteiger partial charge on any atom is 0.645 e. The Morgan fingerprint density at radius 2 is 1.42 bits per heavy atom. The topological polar surface area (TPSA) is 86.7 Å². The van der Waals surface area contributed by atoms with Crippen molar-refractivity contribution < 1.29 is 26.9 Å². The van der Waals surface area contributed by atoms with Gasteiger partial charge in [0.2, 0.25) is 0 Å². The average Bonchev–Trinajstić information content (AvgIpc) is 1.83. The zero-order chi connectivity index (χ0) is 9.72. The minimum atomic E-state index is -2.84. The van der Waals surface area contributed by atoms with Crippen molar-refractivity contribution in [2.75, 3.05) is 0 Å². The Morgan fingerprint density at radius 3 is 1.58 bits per heavy atom. The Bertz CT molecular complexity index is 301.